The maximum Gasteiger partial charge on any atom is 0.408 e. The van der Waals surface area contributed by atoms with Crippen LogP contribution in [0, 0.1) is 17.8 Å². The number of halogens is 4. The molecule has 0 aromatic rings. The molecular formula is C21H26ClF3N2O4. The highest BCUT2D eigenvalue weighted by Gasteiger charge is 2.56. The summed E-state index contributed by atoms with van der Waals surface area (Å²) >= 11 is 5.87. The van der Waals surface area contributed by atoms with E-state index in [1.165, 1.54) is 0 Å². The van der Waals surface area contributed by atoms with Gasteiger partial charge in [0.2, 0.25) is 5.91 Å². The molecule has 0 aromatic carbocycles. The van der Waals surface area contributed by atoms with Gasteiger partial charge >= 0.3 is 18.2 Å². The molecule has 2 aliphatic carbocycles. The highest BCUT2D eigenvalue weighted by atomic mass is 35.5. The van der Waals surface area contributed by atoms with Crippen molar-refractivity contribution in [3.8, 4) is 0 Å². The van der Waals surface area contributed by atoms with E-state index in [-0.39, 0.29) is 12.3 Å². The molecule has 3 aliphatic rings. The van der Waals surface area contributed by atoms with Gasteiger partial charge < -0.3 is 10.4 Å². The maximum absolute atomic E-state index is 13.6. The summed E-state index contributed by atoms with van der Waals surface area (Å²) in [6.07, 6.45) is 4.96. The predicted molar refractivity (Wildman–Crippen MR) is 107 cm³/mol. The Hall–Kier alpha value is -2.03. The molecule has 0 radical (unpaired) electrons. The number of carboxylic acids is 1. The van der Waals surface area contributed by atoms with Crippen molar-refractivity contribution in [2.75, 3.05) is 0 Å². The van der Waals surface area contributed by atoms with Crippen molar-refractivity contribution in [2.45, 2.75) is 69.6 Å². The molecule has 10 heteroatoms. The van der Waals surface area contributed by atoms with Crippen LogP contribution in [0.25, 0.3) is 0 Å². The van der Waals surface area contributed by atoms with Gasteiger partial charge in [0.25, 0.3) is 0 Å². The van der Waals surface area contributed by atoms with Crippen LogP contribution < -0.4 is 5.32 Å². The molecule has 2 N–H and O–H groups in total. The third-order valence-corrected chi connectivity index (χ3v) is 6.71. The molecule has 31 heavy (non-hydrogen) atoms. The van der Waals surface area contributed by atoms with Crippen molar-refractivity contribution < 1.29 is 32.7 Å². The summed E-state index contributed by atoms with van der Waals surface area (Å²) in [5.41, 5.74) is 0. The highest BCUT2D eigenvalue weighted by molar-refractivity contribution is 6.31. The van der Waals surface area contributed by atoms with E-state index in [0.717, 1.165) is 6.42 Å². The lowest BCUT2D eigenvalue weighted by atomic mass is 9.80. The monoisotopic (exact) mass is 462 g/mol. The number of imide groups is 1. The lowest BCUT2D eigenvalue weighted by Gasteiger charge is -2.44. The van der Waals surface area contributed by atoms with Crippen molar-refractivity contribution in [3.05, 3.63) is 23.3 Å². The number of hydrogen-bond acceptors (Lipinski definition) is 3. The fraction of sp³-hybridized carbons (Fsp3) is 0.667. The van der Waals surface area contributed by atoms with Crippen molar-refractivity contribution in [1.82, 2.24) is 10.2 Å². The van der Waals surface area contributed by atoms with Crippen LogP contribution in [-0.4, -0.2) is 46.2 Å². The van der Waals surface area contributed by atoms with Crippen molar-refractivity contribution in [3.63, 3.8) is 0 Å². The number of aliphatic carboxylic acids is 1. The van der Waals surface area contributed by atoms with Gasteiger partial charge in [0.15, 0.2) is 6.04 Å². The predicted octanol–water partition coefficient (Wildman–Crippen LogP) is 4.60. The number of allylic oxidation sites excluding steroid dienone is 4. The summed E-state index contributed by atoms with van der Waals surface area (Å²) in [4.78, 5) is 37.2. The van der Waals surface area contributed by atoms with E-state index in [0.29, 0.717) is 48.5 Å². The summed E-state index contributed by atoms with van der Waals surface area (Å²) in [6.45, 7) is 0. The van der Waals surface area contributed by atoms with Gasteiger partial charge in [-0.05, 0) is 50.0 Å². The van der Waals surface area contributed by atoms with E-state index in [1.807, 2.05) is 17.5 Å². The summed E-state index contributed by atoms with van der Waals surface area (Å²) in [7, 11) is 0. The molecule has 0 aromatic heterocycles. The van der Waals surface area contributed by atoms with Gasteiger partial charge in [0, 0.05) is 5.03 Å². The average molecular weight is 463 g/mol. The Morgan fingerprint density at radius 1 is 1.23 bits per heavy atom. The number of likely N-dealkylation sites (tertiary alicyclic amines) is 1. The van der Waals surface area contributed by atoms with E-state index in [4.69, 9.17) is 11.6 Å². The number of nitrogens with zero attached hydrogens (tertiary/aromatic N) is 1. The maximum atomic E-state index is 13.6. The first-order valence-electron chi connectivity index (χ1n) is 10.6. The minimum atomic E-state index is -4.67. The number of amides is 3. The molecule has 1 saturated carbocycles. The number of carbonyl (C=O) groups is 3. The van der Waals surface area contributed by atoms with Crippen LogP contribution in [0.15, 0.2) is 23.3 Å². The molecule has 0 spiro atoms. The van der Waals surface area contributed by atoms with E-state index in [9.17, 15) is 32.7 Å². The first kappa shape index (κ1) is 23.6. The number of carboxylic acid groups (broad SMARTS) is 1. The summed E-state index contributed by atoms with van der Waals surface area (Å²) < 4.78 is 40.7. The van der Waals surface area contributed by atoms with Crippen molar-refractivity contribution in [2.24, 2.45) is 17.8 Å². The first-order valence-corrected chi connectivity index (χ1v) is 10.9. The Labute approximate surface area is 183 Å². The van der Waals surface area contributed by atoms with Crippen molar-refractivity contribution in [1.29, 1.82) is 0 Å². The quantitative estimate of drug-likeness (QED) is 0.565. The van der Waals surface area contributed by atoms with Crippen molar-refractivity contribution >= 4 is 29.5 Å². The lowest BCUT2D eigenvalue weighted by Crippen LogP contribution is -2.69. The number of urea groups is 1. The summed E-state index contributed by atoms with van der Waals surface area (Å²) in [6, 6.07) is -4.83. The zero-order valence-electron chi connectivity index (χ0n) is 16.9. The standard InChI is InChI=1S/C21H26ClF3N2O4/c22-14-9-6-12(7-10-14)8-11-15-16(19(29)30)27(18(15)28)20(31)26-17(21(23,24)25)13-4-2-1-3-5-13/h6,9-10,12-13,15-17H,1-5,7-8,11H2,(H,26,31)(H,29,30). The molecule has 172 valence electrons. The number of nitrogens with one attached hydrogen (secondary N) is 1. The topological polar surface area (TPSA) is 86.7 Å². The van der Waals surface area contributed by atoms with Gasteiger partial charge in [0.1, 0.15) is 6.04 Å². The number of β-lactam (4-membered cyclic amide) rings is 1. The van der Waals surface area contributed by atoms with Crippen LogP contribution in [0.2, 0.25) is 0 Å². The number of carbonyl (C=O) groups excluding carboxylic acids is 2. The average Bonchev–Trinajstić information content (AvgIpc) is 2.71. The summed E-state index contributed by atoms with van der Waals surface area (Å²) in [5, 5.41) is 12.0. The number of hydrogen-bond donors (Lipinski definition) is 2. The van der Waals surface area contributed by atoms with Gasteiger partial charge in [-0.25, -0.2) is 14.5 Å². The molecule has 4 unspecified atom stereocenters. The Morgan fingerprint density at radius 2 is 1.90 bits per heavy atom. The number of rotatable bonds is 6. The third-order valence-electron chi connectivity index (χ3n) is 6.43. The Morgan fingerprint density at radius 3 is 2.45 bits per heavy atom. The van der Waals surface area contributed by atoms with Crippen LogP contribution in [0.4, 0.5) is 18.0 Å². The van der Waals surface area contributed by atoms with Crippen LogP contribution >= 0.6 is 11.6 Å². The second-order valence-corrected chi connectivity index (χ2v) is 8.92. The molecule has 4 atom stereocenters. The normalized spacial score (nSPS) is 28.0. The smallest absolute Gasteiger partial charge is 0.408 e. The van der Waals surface area contributed by atoms with Crippen LogP contribution in [0.1, 0.15) is 51.4 Å². The van der Waals surface area contributed by atoms with E-state index in [2.05, 4.69) is 0 Å². The molecule has 6 nitrogen and oxygen atoms in total. The summed E-state index contributed by atoms with van der Waals surface area (Å²) in [5.74, 6) is -3.76. The van der Waals surface area contributed by atoms with E-state index < -0.39 is 48.0 Å². The zero-order valence-corrected chi connectivity index (χ0v) is 17.7. The molecule has 0 bridgehead atoms. The minimum absolute atomic E-state index is 0.0912. The Balaban J connectivity index is 1.63. The zero-order chi connectivity index (χ0) is 22.8. The Kier molecular flexibility index (Phi) is 7.34. The van der Waals surface area contributed by atoms with Crippen LogP contribution in [-0.2, 0) is 9.59 Å². The fourth-order valence-corrected chi connectivity index (χ4v) is 4.88. The highest BCUT2D eigenvalue weighted by Crippen LogP contribution is 2.37. The second-order valence-electron chi connectivity index (χ2n) is 8.49. The van der Waals surface area contributed by atoms with Crippen LogP contribution in [0.3, 0.4) is 0 Å². The van der Waals surface area contributed by atoms with Gasteiger partial charge in [-0.1, -0.05) is 43.0 Å². The minimum Gasteiger partial charge on any atom is -0.480 e. The molecule has 1 saturated heterocycles. The van der Waals surface area contributed by atoms with Gasteiger partial charge in [-0.15, -0.1) is 0 Å². The van der Waals surface area contributed by atoms with Gasteiger partial charge in [0.05, 0.1) is 5.92 Å². The van der Waals surface area contributed by atoms with E-state index in [1.54, 1.807) is 6.08 Å². The molecule has 1 aliphatic heterocycles. The largest absolute Gasteiger partial charge is 0.480 e. The number of alkyl halides is 3. The molecule has 3 rings (SSSR count). The lowest BCUT2D eigenvalue weighted by molar-refractivity contribution is -0.173. The third kappa shape index (κ3) is 5.42. The fourth-order valence-electron chi connectivity index (χ4n) is 4.72. The Bertz CT molecular complexity index is 777. The van der Waals surface area contributed by atoms with Crippen LogP contribution in [0.5, 0.6) is 0 Å². The second kappa shape index (κ2) is 9.63. The molecule has 1 heterocycles. The molecule has 2 fully saturated rings. The van der Waals surface area contributed by atoms with Gasteiger partial charge in [-0.3, -0.25) is 4.79 Å². The SMILES string of the molecule is O=C(O)C1C(CCC2C=CC(Cl)=CC2)C(=O)N1C(=O)NC(C1CCCCC1)C(F)(F)F. The van der Waals surface area contributed by atoms with Gasteiger partial charge in [-0.2, -0.15) is 13.2 Å². The molecular weight excluding hydrogens is 437 g/mol. The van der Waals surface area contributed by atoms with E-state index >= 15 is 0 Å². The molecule has 3 amide bonds. The first-order chi connectivity index (χ1) is 14.6.